The van der Waals surface area contributed by atoms with E-state index in [0.717, 1.165) is 17.9 Å². The minimum Gasteiger partial charge on any atom is -0.299 e. The van der Waals surface area contributed by atoms with Crippen LogP contribution in [0.4, 0.5) is 13.2 Å². The summed E-state index contributed by atoms with van der Waals surface area (Å²) >= 11 is 0. The number of hydrogen-bond acceptors (Lipinski definition) is 5. The van der Waals surface area contributed by atoms with E-state index >= 15 is 0 Å². The Morgan fingerprint density at radius 1 is 1.00 bits per heavy atom. The van der Waals surface area contributed by atoms with Crippen molar-refractivity contribution in [3.63, 3.8) is 0 Å². The molecule has 1 heterocycles. The molecule has 0 saturated heterocycles. The molecule has 3 aromatic carbocycles. The number of imidazole rings is 1. The third kappa shape index (κ3) is 5.02. The number of alkyl halides is 3. The van der Waals surface area contributed by atoms with E-state index in [4.69, 9.17) is 0 Å². The molecule has 0 aliphatic rings. The molecular weight excluding hydrogens is 493 g/mol. The molecule has 1 aromatic heterocycles. The molecular formula is C25H21F3N4O3S. The van der Waals surface area contributed by atoms with Crippen molar-refractivity contribution in [3.8, 4) is 28.2 Å². The fourth-order valence-corrected chi connectivity index (χ4v) is 4.42. The SMILES string of the molecule is CN=C(NO)c1cn(-c2ccc(-c3cccc(S(C)(=O)=O)c3)cc2)c(-c2ccccc2C(F)(F)F)n1. The van der Waals surface area contributed by atoms with Crippen LogP contribution in [0.5, 0.6) is 0 Å². The molecule has 0 unspecified atom stereocenters. The molecule has 4 aromatic rings. The zero-order chi connectivity index (χ0) is 26.1. The number of hydrogen-bond donors (Lipinski definition) is 2. The molecule has 0 spiro atoms. The van der Waals surface area contributed by atoms with E-state index in [9.17, 15) is 26.8 Å². The van der Waals surface area contributed by atoms with Gasteiger partial charge < -0.3 is 0 Å². The molecule has 0 atom stereocenters. The van der Waals surface area contributed by atoms with Gasteiger partial charge in [0.15, 0.2) is 15.7 Å². The summed E-state index contributed by atoms with van der Waals surface area (Å²) in [5.74, 6) is -0.0187. The molecule has 7 nitrogen and oxygen atoms in total. The molecule has 36 heavy (non-hydrogen) atoms. The second-order valence-electron chi connectivity index (χ2n) is 7.89. The molecule has 186 valence electrons. The standard InChI is InChI=1S/C25H21F3N4O3S/c1-29-23(31-33)22-15-32(24(30-22)20-8-3-4-9-21(20)25(26,27)28)18-12-10-16(11-13-18)17-6-5-7-19(14-17)36(2,34)35/h3-15,33H,1-2H3,(H,29,31). The highest BCUT2D eigenvalue weighted by Gasteiger charge is 2.34. The van der Waals surface area contributed by atoms with E-state index in [-0.39, 0.29) is 27.8 Å². The van der Waals surface area contributed by atoms with Crippen LogP contribution >= 0.6 is 0 Å². The summed E-state index contributed by atoms with van der Waals surface area (Å²) in [4.78, 5) is 8.39. The van der Waals surface area contributed by atoms with E-state index in [2.05, 4.69) is 9.98 Å². The molecule has 0 aliphatic carbocycles. The number of aliphatic imine (C=N–C) groups is 1. The predicted molar refractivity (Wildman–Crippen MR) is 130 cm³/mol. The quantitative estimate of drug-likeness (QED) is 0.222. The lowest BCUT2D eigenvalue weighted by molar-refractivity contribution is -0.137. The summed E-state index contributed by atoms with van der Waals surface area (Å²) in [5.41, 5.74) is 2.93. The summed E-state index contributed by atoms with van der Waals surface area (Å²) in [5, 5.41) is 9.39. The van der Waals surface area contributed by atoms with Crippen LogP contribution in [0, 0.1) is 0 Å². The van der Waals surface area contributed by atoms with Gasteiger partial charge in [-0.3, -0.25) is 20.2 Å². The van der Waals surface area contributed by atoms with Gasteiger partial charge in [0.25, 0.3) is 0 Å². The number of aromatic nitrogens is 2. The average Bonchev–Trinajstić information content (AvgIpc) is 3.29. The fraction of sp³-hybridized carbons (Fsp3) is 0.120. The fourth-order valence-electron chi connectivity index (χ4n) is 3.75. The van der Waals surface area contributed by atoms with Crippen molar-refractivity contribution in [1.29, 1.82) is 0 Å². The maximum absolute atomic E-state index is 13.8. The Labute approximate surface area is 205 Å². The van der Waals surface area contributed by atoms with Crippen LogP contribution in [0.2, 0.25) is 0 Å². The second-order valence-corrected chi connectivity index (χ2v) is 9.91. The van der Waals surface area contributed by atoms with Gasteiger partial charge in [0.2, 0.25) is 0 Å². The van der Waals surface area contributed by atoms with Crippen LogP contribution in [0.15, 0.2) is 88.9 Å². The van der Waals surface area contributed by atoms with Crippen molar-refractivity contribution in [3.05, 3.63) is 90.3 Å². The smallest absolute Gasteiger partial charge is 0.299 e. The van der Waals surface area contributed by atoms with E-state index in [1.165, 1.54) is 42.1 Å². The highest BCUT2D eigenvalue weighted by molar-refractivity contribution is 7.90. The molecule has 0 bridgehead atoms. The summed E-state index contributed by atoms with van der Waals surface area (Å²) < 4.78 is 66.6. The van der Waals surface area contributed by atoms with Gasteiger partial charge in [-0.2, -0.15) is 13.2 Å². The van der Waals surface area contributed by atoms with Crippen molar-refractivity contribution < 1.29 is 26.8 Å². The Morgan fingerprint density at radius 3 is 2.31 bits per heavy atom. The summed E-state index contributed by atoms with van der Waals surface area (Å²) in [6.07, 6.45) is -2.02. The monoisotopic (exact) mass is 514 g/mol. The first kappa shape index (κ1) is 25.1. The van der Waals surface area contributed by atoms with Crippen LogP contribution in [0.1, 0.15) is 11.3 Å². The van der Waals surface area contributed by atoms with Gasteiger partial charge >= 0.3 is 6.18 Å². The molecule has 11 heteroatoms. The normalized spacial score (nSPS) is 12.6. The van der Waals surface area contributed by atoms with Gasteiger partial charge in [-0.1, -0.05) is 42.5 Å². The number of benzene rings is 3. The number of sulfone groups is 1. The zero-order valence-corrected chi connectivity index (χ0v) is 20.0. The van der Waals surface area contributed by atoms with Crippen LogP contribution in [0.3, 0.4) is 0 Å². The Hall–Kier alpha value is -3.96. The first-order valence-electron chi connectivity index (χ1n) is 10.6. The van der Waals surface area contributed by atoms with Gasteiger partial charge in [0, 0.05) is 30.8 Å². The number of amidine groups is 1. The maximum atomic E-state index is 13.8. The summed E-state index contributed by atoms with van der Waals surface area (Å²) in [7, 11) is -1.99. The molecule has 0 saturated carbocycles. The van der Waals surface area contributed by atoms with Gasteiger partial charge in [0.1, 0.15) is 11.5 Å². The number of halogens is 3. The lowest BCUT2D eigenvalue weighted by Crippen LogP contribution is -2.20. The third-order valence-electron chi connectivity index (χ3n) is 5.49. The topological polar surface area (TPSA) is 96.6 Å². The van der Waals surface area contributed by atoms with Crippen molar-refractivity contribution in [2.75, 3.05) is 13.3 Å². The number of hydroxylamine groups is 1. The number of nitrogens with one attached hydrogen (secondary N) is 1. The minimum atomic E-state index is -4.61. The first-order chi connectivity index (χ1) is 17.0. The van der Waals surface area contributed by atoms with Crippen LogP contribution in [-0.4, -0.2) is 42.3 Å². The zero-order valence-electron chi connectivity index (χ0n) is 19.2. The van der Waals surface area contributed by atoms with Crippen molar-refractivity contribution in [2.45, 2.75) is 11.1 Å². The van der Waals surface area contributed by atoms with Gasteiger partial charge in [-0.05, 0) is 41.5 Å². The Bertz CT molecular complexity index is 1540. The largest absolute Gasteiger partial charge is 0.417 e. The lowest BCUT2D eigenvalue weighted by Gasteiger charge is -2.14. The summed E-state index contributed by atoms with van der Waals surface area (Å²) in [6, 6.07) is 18.4. The molecule has 2 N–H and O–H groups in total. The summed E-state index contributed by atoms with van der Waals surface area (Å²) in [6.45, 7) is 0. The van der Waals surface area contributed by atoms with Crippen molar-refractivity contribution in [1.82, 2.24) is 15.0 Å². The average molecular weight is 515 g/mol. The first-order valence-corrected chi connectivity index (χ1v) is 12.5. The van der Waals surface area contributed by atoms with Gasteiger partial charge in [-0.15, -0.1) is 0 Å². The highest BCUT2D eigenvalue weighted by Crippen LogP contribution is 2.37. The highest BCUT2D eigenvalue weighted by atomic mass is 32.2. The Morgan fingerprint density at radius 2 is 1.69 bits per heavy atom. The maximum Gasteiger partial charge on any atom is 0.417 e. The molecule has 0 amide bonds. The molecule has 4 rings (SSSR count). The van der Waals surface area contributed by atoms with E-state index in [1.807, 2.05) is 5.48 Å². The van der Waals surface area contributed by atoms with Crippen molar-refractivity contribution in [2.24, 2.45) is 4.99 Å². The van der Waals surface area contributed by atoms with Crippen LogP contribution in [-0.2, 0) is 16.0 Å². The Balaban J connectivity index is 1.85. The second kappa shape index (κ2) is 9.59. The predicted octanol–water partition coefficient (Wildman–Crippen LogP) is 4.98. The minimum absolute atomic E-state index is 0.00106. The number of nitrogens with zero attached hydrogens (tertiary/aromatic N) is 3. The van der Waals surface area contributed by atoms with Crippen molar-refractivity contribution >= 4 is 15.7 Å². The lowest BCUT2D eigenvalue weighted by atomic mass is 10.0. The Kier molecular flexibility index (Phi) is 6.70. The van der Waals surface area contributed by atoms with Crippen LogP contribution in [0.25, 0.3) is 28.2 Å². The third-order valence-corrected chi connectivity index (χ3v) is 6.60. The molecule has 0 aliphatic heterocycles. The van der Waals surface area contributed by atoms with E-state index in [1.54, 1.807) is 42.5 Å². The van der Waals surface area contributed by atoms with Gasteiger partial charge in [0.05, 0.1) is 10.5 Å². The molecule has 0 fully saturated rings. The van der Waals surface area contributed by atoms with Crippen LogP contribution < -0.4 is 5.48 Å². The molecule has 0 radical (unpaired) electrons. The van der Waals surface area contributed by atoms with E-state index in [0.29, 0.717) is 11.3 Å². The van der Waals surface area contributed by atoms with Gasteiger partial charge in [-0.25, -0.2) is 13.4 Å². The van der Waals surface area contributed by atoms with E-state index < -0.39 is 21.6 Å². The number of rotatable bonds is 5.